The van der Waals surface area contributed by atoms with Crippen LogP contribution in [0.2, 0.25) is 0 Å². The molecule has 0 aromatic carbocycles. The highest BCUT2D eigenvalue weighted by molar-refractivity contribution is 5.66. The van der Waals surface area contributed by atoms with Crippen LogP contribution in [0.4, 0.5) is 0 Å². The Balaban J connectivity index is 3.80. The molecule has 0 N–H and O–H groups in total. The summed E-state index contributed by atoms with van der Waals surface area (Å²) in [5.74, 6) is 0.565. The summed E-state index contributed by atoms with van der Waals surface area (Å²) in [4.78, 5) is 10.0. The van der Waals surface area contributed by atoms with Crippen LogP contribution in [0.3, 0.4) is 0 Å². The van der Waals surface area contributed by atoms with Crippen molar-refractivity contribution >= 4 is 6.29 Å². The minimum Gasteiger partial charge on any atom is -0.299 e. The summed E-state index contributed by atoms with van der Waals surface area (Å²) in [5.41, 5.74) is 1.19. The molecule has 0 amide bonds. The maximum atomic E-state index is 10.0. The van der Waals surface area contributed by atoms with E-state index in [1.54, 1.807) is 6.08 Å². The van der Waals surface area contributed by atoms with Crippen molar-refractivity contribution in [2.24, 2.45) is 5.92 Å². The Kier molecular flexibility index (Phi) is 4.91. The second kappa shape index (κ2) is 5.21. The number of hydrogen-bond acceptors (Lipinski definition) is 1. The average Bonchev–Trinajstić information content (AvgIpc) is 1.89. The SMILES string of the molecule is CCCC(C)/C(C)=C\C=O. The highest BCUT2D eigenvalue weighted by Gasteiger charge is 2.00. The number of rotatable bonds is 4. The van der Waals surface area contributed by atoms with Crippen LogP contribution in [0.5, 0.6) is 0 Å². The van der Waals surface area contributed by atoms with E-state index in [1.807, 2.05) is 6.92 Å². The van der Waals surface area contributed by atoms with Gasteiger partial charge in [0.2, 0.25) is 0 Å². The zero-order chi connectivity index (χ0) is 7.98. The van der Waals surface area contributed by atoms with Gasteiger partial charge in [-0.1, -0.05) is 25.8 Å². The van der Waals surface area contributed by atoms with Crippen molar-refractivity contribution < 1.29 is 4.79 Å². The minimum absolute atomic E-state index is 0.565. The number of carbonyl (C=O) groups is 1. The van der Waals surface area contributed by atoms with Crippen LogP contribution in [0.15, 0.2) is 11.6 Å². The summed E-state index contributed by atoms with van der Waals surface area (Å²) in [6.07, 6.45) is 4.88. The molecule has 0 aliphatic rings. The molecule has 1 nitrogen and oxygen atoms in total. The Morgan fingerprint density at radius 2 is 2.20 bits per heavy atom. The van der Waals surface area contributed by atoms with Gasteiger partial charge < -0.3 is 0 Å². The molecule has 0 spiro atoms. The van der Waals surface area contributed by atoms with E-state index >= 15 is 0 Å². The molecule has 0 saturated carbocycles. The van der Waals surface area contributed by atoms with Crippen LogP contribution in [0.25, 0.3) is 0 Å². The summed E-state index contributed by atoms with van der Waals surface area (Å²) >= 11 is 0. The van der Waals surface area contributed by atoms with Crippen LogP contribution in [-0.4, -0.2) is 6.29 Å². The molecule has 1 heteroatoms. The molecule has 0 saturated heterocycles. The molecule has 1 unspecified atom stereocenters. The Bertz CT molecular complexity index is 125. The van der Waals surface area contributed by atoms with Gasteiger partial charge in [-0.15, -0.1) is 0 Å². The fraction of sp³-hybridized carbons (Fsp3) is 0.667. The molecule has 58 valence electrons. The summed E-state index contributed by atoms with van der Waals surface area (Å²) < 4.78 is 0. The van der Waals surface area contributed by atoms with Crippen molar-refractivity contribution in [3.05, 3.63) is 11.6 Å². The highest BCUT2D eigenvalue weighted by Crippen LogP contribution is 2.14. The molecule has 0 rings (SSSR count). The van der Waals surface area contributed by atoms with Crippen LogP contribution in [0.1, 0.15) is 33.6 Å². The molecule has 0 aromatic rings. The molecular weight excluding hydrogens is 124 g/mol. The number of allylic oxidation sites excluding steroid dienone is 2. The topological polar surface area (TPSA) is 17.1 Å². The fourth-order valence-electron chi connectivity index (χ4n) is 0.932. The lowest BCUT2D eigenvalue weighted by atomic mass is 9.98. The van der Waals surface area contributed by atoms with Gasteiger partial charge in [0.1, 0.15) is 6.29 Å². The van der Waals surface area contributed by atoms with E-state index in [-0.39, 0.29) is 0 Å². The number of hydrogen-bond donors (Lipinski definition) is 0. The molecule has 0 aliphatic heterocycles. The summed E-state index contributed by atoms with van der Waals surface area (Å²) in [7, 11) is 0. The van der Waals surface area contributed by atoms with Crippen molar-refractivity contribution in [2.75, 3.05) is 0 Å². The molecule has 0 aliphatic carbocycles. The number of carbonyl (C=O) groups excluding carboxylic acids is 1. The van der Waals surface area contributed by atoms with Gasteiger partial charge in [-0.3, -0.25) is 4.79 Å². The first kappa shape index (κ1) is 9.41. The van der Waals surface area contributed by atoms with Crippen molar-refractivity contribution in [1.82, 2.24) is 0 Å². The molecule has 0 bridgehead atoms. The molecule has 0 radical (unpaired) electrons. The molecule has 0 aromatic heterocycles. The Labute approximate surface area is 63.1 Å². The fourth-order valence-corrected chi connectivity index (χ4v) is 0.932. The first-order valence-corrected chi connectivity index (χ1v) is 3.84. The van der Waals surface area contributed by atoms with Crippen molar-refractivity contribution in [3.8, 4) is 0 Å². The van der Waals surface area contributed by atoms with E-state index in [0.717, 1.165) is 6.29 Å². The Morgan fingerprint density at radius 3 is 2.60 bits per heavy atom. The molecule has 0 heterocycles. The van der Waals surface area contributed by atoms with Gasteiger partial charge in [0.25, 0.3) is 0 Å². The second-order valence-corrected chi connectivity index (χ2v) is 2.74. The lowest BCUT2D eigenvalue weighted by Gasteiger charge is -2.08. The van der Waals surface area contributed by atoms with Crippen molar-refractivity contribution in [2.45, 2.75) is 33.6 Å². The van der Waals surface area contributed by atoms with E-state index in [0.29, 0.717) is 5.92 Å². The predicted octanol–water partition coefficient (Wildman–Crippen LogP) is 2.57. The molecular formula is C9H16O. The average molecular weight is 140 g/mol. The third kappa shape index (κ3) is 3.44. The van der Waals surface area contributed by atoms with Crippen LogP contribution >= 0.6 is 0 Å². The van der Waals surface area contributed by atoms with Gasteiger partial charge in [-0.25, -0.2) is 0 Å². The standard InChI is InChI=1S/C9H16O/c1-4-5-8(2)9(3)6-7-10/h6-8H,4-5H2,1-3H3/b9-6-. The lowest BCUT2D eigenvalue weighted by Crippen LogP contribution is -1.95. The van der Waals surface area contributed by atoms with Gasteiger partial charge in [0.05, 0.1) is 0 Å². The first-order chi connectivity index (χ1) is 4.72. The van der Waals surface area contributed by atoms with E-state index in [4.69, 9.17) is 0 Å². The van der Waals surface area contributed by atoms with Gasteiger partial charge in [0, 0.05) is 0 Å². The van der Waals surface area contributed by atoms with Crippen LogP contribution in [-0.2, 0) is 4.79 Å². The maximum absolute atomic E-state index is 10.0. The second-order valence-electron chi connectivity index (χ2n) is 2.74. The van der Waals surface area contributed by atoms with E-state index in [2.05, 4.69) is 13.8 Å². The quantitative estimate of drug-likeness (QED) is 0.433. The molecule has 10 heavy (non-hydrogen) atoms. The Hall–Kier alpha value is -0.590. The first-order valence-electron chi connectivity index (χ1n) is 3.84. The third-order valence-electron chi connectivity index (χ3n) is 1.83. The zero-order valence-electron chi connectivity index (χ0n) is 7.05. The zero-order valence-corrected chi connectivity index (χ0v) is 7.05. The lowest BCUT2D eigenvalue weighted by molar-refractivity contribution is -0.104. The van der Waals surface area contributed by atoms with E-state index in [1.165, 1.54) is 18.4 Å². The van der Waals surface area contributed by atoms with Crippen LogP contribution in [0, 0.1) is 5.92 Å². The van der Waals surface area contributed by atoms with E-state index in [9.17, 15) is 4.79 Å². The minimum atomic E-state index is 0.565. The smallest absolute Gasteiger partial charge is 0.142 e. The van der Waals surface area contributed by atoms with E-state index < -0.39 is 0 Å². The van der Waals surface area contributed by atoms with Crippen molar-refractivity contribution in [3.63, 3.8) is 0 Å². The van der Waals surface area contributed by atoms with Gasteiger partial charge in [0.15, 0.2) is 0 Å². The summed E-state index contributed by atoms with van der Waals surface area (Å²) in [5, 5.41) is 0. The normalized spacial score (nSPS) is 14.9. The predicted molar refractivity (Wildman–Crippen MR) is 43.9 cm³/mol. The summed E-state index contributed by atoms with van der Waals surface area (Å²) in [6.45, 7) is 6.32. The summed E-state index contributed by atoms with van der Waals surface area (Å²) in [6, 6.07) is 0. The van der Waals surface area contributed by atoms with Gasteiger partial charge in [-0.2, -0.15) is 0 Å². The third-order valence-corrected chi connectivity index (χ3v) is 1.83. The largest absolute Gasteiger partial charge is 0.299 e. The maximum Gasteiger partial charge on any atom is 0.142 e. The monoisotopic (exact) mass is 140 g/mol. The Morgan fingerprint density at radius 1 is 1.60 bits per heavy atom. The van der Waals surface area contributed by atoms with Gasteiger partial charge >= 0.3 is 0 Å². The van der Waals surface area contributed by atoms with Gasteiger partial charge in [-0.05, 0) is 25.3 Å². The molecule has 0 fully saturated rings. The van der Waals surface area contributed by atoms with Crippen molar-refractivity contribution in [1.29, 1.82) is 0 Å². The number of aldehydes is 1. The highest BCUT2D eigenvalue weighted by atomic mass is 16.1. The van der Waals surface area contributed by atoms with Crippen LogP contribution < -0.4 is 0 Å². The molecule has 1 atom stereocenters.